The SMILES string of the molecule is CC(C)CCN1C=CN2NC(c3ccc(F)cc3)CC2C1=O. The Morgan fingerprint density at radius 2 is 2.00 bits per heavy atom. The van der Waals surface area contributed by atoms with Crippen LogP contribution in [0.1, 0.15) is 38.3 Å². The van der Waals surface area contributed by atoms with Gasteiger partial charge in [0.1, 0.15) is 11.9 Å². The molecule has 0 saturated carbocycles. The summed E-state index contributed by atoms with van der Waals surface area (Å²) in [5.74, 6) is 0.475. The zero-order valence-electron chi connectivity index (χ0n) is 13.0. The minimum absolute atomic E-state index is 0.0456. The summed E-state index contributed by atoms with van der Waals surface area (Å²) >= 11 is 0. The van der Waals surface area contributed by atoms with Crippen LogP contribution in [0.4, 0.5) is 4.39 Å². The molecule has 2 unspecified atom stereocenters. The molecule has 1 aromatic rings. The van der Waals surface area contributed by atoms with Crippen LogP contribution in [0, 0.1) is 11.7 Å². The number of rotatable bonds is 4. The van der Waals surface area contributed by atoms with Crippen LogP contribution in [0.25, 0.3) is 0 Å². The molecule has 2 atom stereocenters. The summed E-state index contributed by atoms with van der Waals surface area (Å²) in [5.41, 5.74) is 4.33. The van der Waals surface area contributed by atoms with Crippen molar-refractivity contribution in [2.75, 3.05) is 6.54 Å². The summed E-state index contributed by atoms with van der Waals surface area (Å²) in [4.78, 5) is 14.4. The Labute approximate surface area is 130 Å². The number of carbonyl (C=O) groups excluding carboxylic acids is 1. The Morgan fingerprint density at radius 3 is 2.68 bits per heavy atom. The molecule has 5 heteroatoms. The van der Waals surface area contributed by atoms with Gasteiger partial charge in [-0.1, -0.05) is 26.0 Å². The van der Waals surface area contributed by atoms with E-state index in [2.05, 4.69) is 19.3 Å². The molecule has 0 radical (unpaired) electrons. The number of benzene rings is 1. The van der Waals surface area contributed by atoms with E-state index in [1.54, 1.807) is 12.1 Å². The maximum Gasteiger partial charge on any atom is 0.250 e. The molecule has 0 aromatic heterocycles. The molecule has 118 valence electrons. The van der Waals surface area contributed by atoms with Crippen molar-refractivity contribution in [1.82, 2.24) is 15.3 Å². The number of halogens is 1. The number of hydrazine groups is 1. The summed E-state index contributed by atoms with van der Waals surface area (Å²) in [5, 5.41) is 1.88. The van der Waals surface area contributed by atoms with Crippen molar-refractivity contribution in [3.63, 3.8) is 0 Å². The first-order chi connectivity index (χ1) is 10.5. The van der Waals surface area contributed by atoms with Crippen molar-refractivity contribution in [1.29, 1.82) is 0 Å². The van der Waals surface area contributed by atoms with E-state index in [9.17, 15) is 9.18 Å². The van der Waals surface area contributed by atoms with Crippen molar-refractivity contribution in [3.8, 4) is 0 Å². The first kappa shape index (κ1) is 15.0. The second kappa shape index (κ2) is 6.08. The van der Waals surface area contributed by atoms with Gasteiger partial charge in [0.25, 0.3) is 5.91 Å². The van der Waals surface area contributed by atoms with E-state index in [4.69, 9.17) is 0 Å². The summed E-state index contributed by atoms with van der Waals surface area (Å²) in [7, 11) is 0. The van der Waals surface area contributed by atoms with Crippen LogP contribution in [0.2, 0.25) is 0 Å². The molecule has 1 fully saturated rings. The van der Waals surface area contributed by atoms with E-state index in [0.717, 1.165) is 18.5 Å². The quantitative estimate of drug-likeness (QED) is 0.929. The molecule has 0 bridgehead atoms. The molecule has 0 aliphatic carbocycles. The molecule has 1 saturated heterocycles. The Balaban J connectivity index is 1.68. The summed E-state index contributed by atoms with van der Waals surface area (Å²) in [6.45, 7) is 5.08. The fraction of sp³-hybridized carbons (Fsp3) is 0.471. The lowest BCUT2D eigenvalue weighted by molar-refractivity contribution is -0.134. The zero-order valence-corrected chi connectivity index (χ0v) is 13.0. The number of hydrogen-bond donors (Lipinski definition) is 1. The normalized spacial score (nSPS) is 24.3. The Morgan fingerprint density at radius 1 is 1.27 bits per heavy atom. The number of amides is 1. The Hall–Kier alpha value is -1.88. The van der Waals surface area contributed by atoms with Crippen LogP contribution in [-0.2, 0) is 4.79 Å². The number of carbonyl (C=O) groups is 1. The van der Waals surface area contributed by atoms with Crippen LogP contribution < -0.4 is 5.43 Å². The van der Waals surface area contributed by atoms with Crippen molar-refractivity contribution < 1.29 is 9.18 Å². The number of fused-ring (bicyclic) bond motifs is 1. The lowest BCUT2D eigenvalue weighted by Gasteiger charge is -2.32. The van der Waals surface area contributed by atoms with Gasteiger partial charge in [-0.05, 0) is 36.5 Å². The Kier molecular flexibility index (Phi) is 4.16. The molecule has 0 spiro atoms. The highest BCUT2D eigenvalue weighted by atomic mass is 19.1. The van der Waals surface area contributed by atoms with Gasteiger partial charge in [0.05, 0.1) is 6.04 Å². The van der Waals surface area contributed by atoms with Crippen molar-refractivity contribution in [3.05, 3.63) is 48.0 Å². The van der Waals surface area contributed by atoms with E-state index in [1.165, 1.54) is 12.1 Å². The van der Waals surface area contributed by atoms with E-state index < -0.39 is 0 Å². The third kappa shape index (κ3) is 2.99. The second-order valence-corrected chi connectivity index (χ2v) is 6.40. The van der Waals surface area contributed by atoms with Crippen LogP contribution >= 0.6 is 0 Å². The van der Waals surface area contributed by atoms with Gasteiger partial charge in [0.15, 0.2) is 0 Å². The van der Waals surface area contributed by atoms with Crippen molar-refractivity contribution >= 4 is 5.91 Å². The largest absolute Gasteiger partial charge is 0.316 e. The van der Waals surface area contributed by atoms with Crippen molar-refractivity contribution in [2.45, 2.75) is 38.8 Å². The van der Waals surface area contributed by atoms with Gasteiger partial charge in [0.2, 0.25) is 0 Å². The highest BCUT2D eigenvalue weighted by Crippen LogP contribution is 2.30. The summed E-state index contributed by atoms with van der Waals surface area (Å²) in [6, 6.07) is 6.34. The van der Waals surface area contributed by atoms with E-state index in [0.29, 0.717) is 12.3 Å². The van der Waals surface area contributed by atoms with Gasteiger partial charge in [-0.2, -0.15) is 0 Å². The van der Waals surface area contributed by atoms with Crippen LogP contribution in [0.5, 0.6) is 0 Å². The van der Waals surface area contributed by atoms with Crippen LogP contribution in [0.15, 0.2) is 36.7 Å². The third-order valence-corrected chi connectivity index (χ3v) is 4.29. The molecular weight excluding hydrogens is 281 g/mol. The fourth-order valence-electron chi connectivity index (χ4n) is 2.93. The summed E-state index contributed by atoms with van der Waals surface area (Å²) < 4.78 is 13.0. The van der Waals surface area contributed by atoms with Gasteiger partial charge in [-0.15, -0.1) is 0 Å². The topological polar surface area (TPSA) is 35.6 Å². The van der Waals surface area contributed by atoms with Gasteiger partial charge >= 0.3 is 0 Å². The minimum Gasteiger partial charge on any atom is -0.316 e. The minimum atomic E-state index is -0.240. The maximum atomic E-state index is 13.0. The molecule has 4 nitrogen and oxygen atoms in total. The third-order valence-electron chi connectivity index (χ3n) is 4.29. The van der Waals surface area contributed by atoms with Gasteiger partial charge in [-0.25, -0.2) is 9.82 Å². The number of nitrogens with one attached hydrogen (secondary N) is 1. The standard InChI is InChI=1S/C17H22FN3O/c1-12(2)7-8-20-9-10-21-16(17(20)22)11-15(19-21)13-3-5-14(18)6-4-13/h3-6,9-10,12,15-16,19H,7-8,11H2,1-2H3. The molecule has 22 heavy (non-hydrogen) atoms. The van der Waals surface area contributed by atoms with Crippen LogP contribution in [-0.4, -0.2) is 28.4 Å². The average Bonchev–Trinajstić information content (AvgIpc) is 2.92. The lowest BCUT2D eigenvalue weighted by Crippen LogP contribution is -2.48. The van der Waals surface area contributed by atoms with Crippen LogP contribution in [0.3, 0.4) is 0 Å². The maximum absolute atomic E-state index is 13.0. The first-order valence-electron chi connectivity index (χ1n) is 7.83. The average molecular weight is 303 g/mol. The number of nitrogens with zero attached hydrogens (tertiary/aromatic N) is 2. The predicted molar refractivity (Wildman–Crippen MR) is 82.8 cm³/mol. The predicted octanol–water partition coefficient (Wildman–Crippen LogP) is 2.81. The zero-order chi connectivity index (χ0) is 15.7. The fourth-order valence-corrected chi connectivity index (χ4v) is 2.93. The molecular formula is C17H22FN3O. The lowest BCUT2D eigenvalue weighted by atomic mass is 10.0. The van der Waals surface area contributed by atoms with Gasteiger partial charge in [0, 0.05) is 18.9 Å². The summed E-state index contributed by atoms with van der Waals surface area (Å²) in [6.07, 6.45) is 5.47. The molecule has 3 rings (SSSR count). The molecule has 1 N–H and O–H groups in total. The van der Waals surface area contributed by atoms with E-state index in [-0.39, 0.29) is 23.8 Å². The molecule has 1 aromatic carbocycles. The van der Waals surface area contributed by atoms with E-state index >= 15 is 0 Å². The van der Waals surface area contributed by atoms with Gasteiger partial charge in [-0.3, -0.25) is 4.79 Å². The molecule has 2 aliphatic heterocycles. The first-order valence-corrected chi connectivity index (χ1v) is 7.83. The second-order valence-electron chi connectivity index (χ2n) is 6.40. The number of hydrogen-bond acceptors (Lipinski definition) is 3. The Bertz CT molecular complexity index is 570. The highest BCUT2D eigenvalue weighted by molar-refractivity contribution is 5.84. The van der Waals surface area contributed by atoms with Gasteiger partial charge < -0.3 is 9.91 Å². The van der Waals surface area contributed by atoms with E-state index in [1.807, 2.05) is 22.3 Å². The highest BCUT2D eigenvalue weighted by Gasteiger charge is 2.39. The molecule has 2 aliphatic rings. The smallest absolute Gasteiger partial charge is 0.250 e. The monoisotopic (exact) mass is 303 g/mol. The van der Waals surface area contributed by atoms with Crippen molar-refractivity contribution in [2.24, 2.45) is 5.92 Å². The molecule has 2 heterocycles. The molecule has 1 amide bonds.